The predicted molar refractivity (Wildman–Crippen MR) is 113 cm³/mol. The number of aryl methyl sites for hydroxylation is 1. The van der Waals surface area contributed by atoms with Crippen LogP contribution in [0.15, 0.2) is 54.1 Å². The van der Waals surface area contributed by atoms with Gasteiger partial charge in [0.15, 0.2) is 0 Å². The summed E-state index contributed by atoms with van der Waals surface area (Å²) < 4.78 is 13.4. The summed E-state index contributed by atoms with van der Waals surface area (Å²) in [6.45, 7) is 3.33. The molecular weight excluding hydrogens is 365 g/mol. The Bertz CT molecular complexity index is 948. The summed E-state index contributed by atoms with van der Waals surface area (Å²) in [6.07, 6.45) is 5.78. The second-order valence-electron chi connectivity index (χ2n) is 8.38. The van der Waals surface area contributed by atoms with Crippen molar-refractivity contribution in [2.24, 2.45) is 0 Å². The fraction of sp³-hybridized carbons (Fsp3) is 0.375. The number of rotatable bonds is 3. The van der Waals surface area contributed by atoms with Crippen LogP contribution in [0.3, 0.4) is 0 Å². The van der Waals surface area contributed by atoms with Gasteiger partial charge in [-0.25, -0.2) is 4.39 Å². The second-order valence-corrected chi connectivity index (χ2v) is 8.38. The molecule has 0 radical (unpaired) electrons. The number of nitrogens with one attached hydrogen (secondary N) is 1. The third kappa shape index (κ3) is 3.33. The van der Waals surface area contributed by atoms with Gasteiger partial charge in [0.2, 0.25) is 5.91 Å². The maximum Gasteiger partial charge on any atom is 0.247 e. The zero-order valence-electron chi connectivity index (χ0n) is 16.5. The lowest BCUT2D eigenvalue weighted by atomic mass is 9.85. The monoisotopic (exact) mass is 391 g/mol. The molecule has 5 rings (SSSR count). The molecule has 1 aliphatic carbocycles. The van der Waals surface area contributed by atoms with Crippen molar-refractivity contribution in [1.29, 1.82) is 0 Å². The number of halogens is 1. The molecule has 2 aromatic rings. The van der Waals surface area contributed by atoms with Crippen molar-refractivity contribution in [3.8, 4) is 0 Å². The van der Waals surface area contributed by atoms with E-state index in [0.717, 1.165) is 62.1 Å². The lowest BCUT2D eigenvalue weighted by Crippen LogP contribution is -2.56. The molecule has 150 valence electrons. The molecule has 0 atom stereocenters. The summed E-state index contributed by atoms with van der Waals surface area (Å²) in [5, 5.41) is 3.07. The number of anilines is 1. The minimum atomic E-state index is -0.428. The summed E-state index contributed by atoms with van der Waals surface area (Å²) in [6, 6.07) is 15.3. The van der Waals surface area contributed by atoms with Crippen molar-refractivity contribution in [2.45, 2.75) is 31.2 Å². The van der Waals surface area contributed by atoms with Gasteiger partial charge >= 0.3 is 0 Å². The first kappa shape index (κ1) is 18.4. The third-order valence-corrected chi connectivity index (χ3v) is 6.69. The highest BCUT2D eigenvalue weighted by Gasteiger charge is 2.50. The topological polar surface area (TPSA) is 35.6 Å². The highest BCUT2D eigenvalue weighted by Crippen LogP contribution is 2.36. The maximum absolute atomic E-state index is 13.4. The minimum absolute atomic E-state index is 0.153. The smallest absolute Gasteiger partial charge is 0.247 e. The second kappa shape index (κ2) is 7.30. The normalized spacial score (nSPS) is 21.1. The van der Waals surface area contributed by atoms with Gasteiger partial charge in [0.1, 0.15) is 11.4 Å². The molecule has 2 heterocycles. The van der Waals surface area contributed by atoms with E-state index < -0.39 is 5.54 Å². The number of carbonyl (C=O) groups is 1. The number of amides is 1. The van der Waals surface area contributed by atoms with E-state index in [1.54, 1.807) is 12.1 Å². The van der Waals surface area contributed by atoms with Crippen LogP contribution in [0.4, 0.5) is 10.1 Å². The number of hydrogen-bond donors (Lipinski definition) is 1. The van der Waals surface area contributed by atoms with Gasteiger partial charge in [-0.05, 0) is 61.1 Å². The number of para-hydroxylation sites is 1. The zero-order valence-corrected chi connectivity index (χ0v) is 16.5. The summed E-state index contributed by atoms with van der Waals surface area (Å²) in [7, 11) is 0. The van der Waals surface area contributed by atoms with Crippen molar-refractivity contribution in [3.05, 3.63) is 71.0 Å². The Labute approximate surface area is 171 Å². The van der Waals surface area contributed by atoms with Crippen LogP contribution in [-0.2, 0) is 11.2 Å². The van der Waals surface area contributed by atoms with Gasteiger partial charge in [0.05, 0.1) is 6.67 Å². The number of fused-ring (bicyclic) bond motifs is 1. The molecule has 2 aromatic carbocycles. The lowest BCUT2D eigenvalue weighted by Gasteiger charge is -2.43. The van der Waals surface area contributed by atoms with E-state index in [9.17, 15) is 9.18 Å². The van der Waals surface area contributed by atoms with E-state index in [2.05, 4.69) is 33.3 Å². The van der Waals surface area contributed by atoms with Crippen LogP contribution in [0.2, 0.25) is 0 Å². The van der Waals surface area contributed by atoms with E-state index in [4.69, 9.17) is 0 Å². The Hall–Kier alpha value is -2.66. The van der Waals surface area contributed by atoms with Crippen molar-refractivity contribution < 1.29 is 9.18 Å². The van der Waals surface area contributed by atoms with Gasteiger partial charge in [-0.3, -0.25) is 9.69 Å². The first-order valence-electron chi connectivity index (χ1n) is 10.5. The predicted octanol–water partition coefficient (Wildman–Crippen LogP) is 3.58. The molecule has 5 heteroatoms. The molecule has 1 amide bonds. The number of hydrogen-bond acceptors (Lipinski definition) is 3. The van der Waals surface area contributed by atoms with Crippen LogP contribution >= 0.6 is 0 Å². The minimum Gasteiger partial charge on any atom is -0.339 e. The van der Waals surface area contributed by atoms with E-state index in [1.807, 2.05) is 24.3 Å². The van der Waals surface area contributed by atoms with Gasteiger partial charge < -0.3 is 10.2 Å². The Morgan fingerprint density at radius 1 is 1.03 bits per heavy atom. The van der Waals surface area contributed by atoms with Crippen molar-refractivity contribution >= 4 is 17.7 Å². The van der Waals surface area contributed by atoms with E-state index >= 15 is 0 Å². The molecule has 1 spiro atoms. The molecule has 1 N–H and O–H groups in total. The molecular formula is C24H26FN3O. The number of benzene rings is 2. The summed E-state index contributed by atoms with van der Waals surface area (Å²) >= 11 is 0. The first-order chi connectivity index (χ1) is 14.1. The Kier molecular flexibility index (Phi) is 4.63. The van der Waals surface area contributed by atoms with E-state index in [-0.39, 0.29) is 11.7 Å². The van der Waals surface area contributed by atoms with E-state index in [0.29, 0.717) is 6.67 Å². The van der Waals surface area contributed by atoms with Gasteiger partial charge in [0.25, 0.3) is 0 Å². The Morgan fingerprint density at radius 3 is 2.62 bits per heavy atom. The summed E-state index contributed by atoms with van der Waals surface area (Å²) in [5.74, 6) is 0.00794. The molecule has 3 aliphatic rings. The third-order valence-electron chi connectivity index (χ3n) is 6.69. The van der Waals surface area contributed by atoms with Gasteiger partial charge in [-0.1, -0.05) is 35.9 Å². The average molecular weight is 391 g/mol. The molecule has 2 fully saturated rings. The molecule has 0 saturated carbocycles. The van der Waals surface area contributed by atoms with Crippen molar-refractivity contribution in [2.75, 3.05) is 31.2 Å². The quantitative estimate of drug-likeness (QED) is 0.869. The van der Waals surface area contributed by atoms with Gasteiger partial charge in [0, 0.05) is 25.3 Å². The average Bonchev–Trinajstić information content (AvgIpc) is 3.06. The highest BCUT2D eigenvalue weighted by molar-refractivity contribution is 5.93. The molecule has 29 heavy (non-hydrogen) atoms. The van der Waals surface area contributed by atoms with Crippen LogP contribution in [0, 0.1) is 5.82 Å². The van der Waals surface area contributed by atoms with Crippen LogP contribution in [-0.4, -0.2) is 42.6 Å². The molecule has 4 nitrogen and oxygen atoms in total. The highest BCUT2D eigenvalue weighted by atomic mass is 19.1. The maximum atomic E-state index is 13.4. The fourth-order valence-corrected chi connectivity index (χ4v) is 5.04. The lowest BCUT2D eigenvalue weighted by molar-refractivity contribution is -0.125. The van der Waals surface area contributed by atoms with Gasteiger partial charge in [-0.15, -0.1) is 0 Å². The molecule has 2 saturated heterocycles. The number of piperidine rings is 1. The van der Waals surface area contributed by atoms with Crippen LogP contribution in [0.25, 0.3) is 6.08 Å². The first-order valence-corrected chi connectivity index (χ1v) is 10.5. The number of nitrogens with zero attached hydrogens (tertiary/aromatic N) is 2. The summed E-state index contributed by atoms with van der Waals surface area (Å²) in [5.41, 5.74) is 4.33. The van der Waals surface area contributed by atoms with Gasteiger partial charge in [-0.2, -0.15) is 0 Å². The zero-order chi connectivity index (χ0) is 19.8. The largest absolute Gasteiger partial charge is 0.339 e. The Morgan fingerprint density at radius 2 is 1.83 bits per heavy atom. The molecule has 2 aliphatic heterocycles. The Balaban J connectivity index is 1.28. The molecule has 0 aromatic heterocycles. The van der Waals surface area contributed by atoms with Crippen molar-refractivity contribution in [3.63, 3.8) is 0 Å². The van der Waals surface area contributed by atoms with Crippen molar-refractivity contribution in [1.82, 2.24) is 10.2 Å². The van der Waals surface area contributed by atoms with Crippen LogP contribution in [0.5, 0.6) is 0 Å². The van der Waals surface area contributed by atoms with E-state index in [1.165, 1.54) is 5.57 Å². The van der Waals surface area contributed by atoms with Crippen LogP contribution in [0.1, 0.15) is 30.4 Å². The standard InChI is InChI=1S/C24H26FN3O/c25-21-9-8-19-14-18(6-7-20(19)15-21)16-27-12-10-24(11-13-27)23(29)26-17-28(24)22-4-2-1-3-5-22/h1-5,8-9,14-15H,6-7,10-13,16-17H2,(H,26,29). The number of carbonyl (C=O) groups excluding carboxylic acids is 1. The molecule has 0 unspecified atom stereocenters. The van der Waals surface area contributed by atoms with Crippen LogP contribution < -0.4 is 10.2 Å². The summed E-state index contributed by atoms with van der Waals surface area (Å²) in [4.78, 5) is 17.5. The SMILES string of the molecule is O=C1NCN(c2ccccc2)C12CCN(CC1=Cc3ccc(F)cc3CC1)CC2. The number of likely N-dealkylation sites (tertiary alicyclic amines) is 1. The molecule has 0 bridgehead atoms. The fourth-order valence-electron chi connectivity index (χ4n) is 5.04.